The van der Waals surface area contributed by atoms with E-state index in [0.29, 0.717) is 44.7 Å². The molecular weight excluding hydrogens is 318 g/mol. The Morgan fingerprint density at radius 3 is 2.39 bits per heavy atom. The quantitative estimate of drug-likeness (QED) is 0.655. The van der Waals surface area contributed by atoms with Crippen LogP contribution in [0.2, 0.25) is 0 Å². The molecule has 3 aliphatic rings. The summed E-state index contributed by atoms with van der Waals surface area (Å²) in [7, 11) is -3.15. The minimum absolute atomic E-state index is 0.129. The van der Waals surface area contributed by atoms with E-state index in [0.717, 1.165) is 26.2 Å². The van der Waals surface area contributed by atoms with Crippen molar-refractivity contribution < 1.29 is 17.9 Å². The molecule has 1 aliphatic carbocycles. The third kappa shape index (κ3) is 4.65. The Kier molecular flexibility index (Phi) is 5.25. The number of sulfonamides is 1. The first kappa shape index (κ1) is 17.1. The molecule has 3 fully saturated rings. The zero-order valence-corrected chi connectivity index (χ0v) is 14.6. The topological polar surface area (TPSA) is 70.2 Å². The van der Waals surface area contributed by atoms with Crippen molar-refractivity contribution in [2.45, 2.75) is 25.3 Å². The van der Waals surface area contributed by atoms with E-state index >= 15 is 0 Å². The van der Waals surface area contributed by atoms with Crippen molar-refractivity contribution >= 4 is 15.9 Å². The van der Waals surface area contributed by atoms with Gasteiger partial charge >= 0.3 is 0 Å². The standard InChI is InChI=1S/C15H27N3O4S/c1-23(20,21)18-7-5-16(6-8-18)15(19)11-17(14-2-3-14)10-13-4-9-22-12-13/h13-14H,2-12H2,1H3. The molecule has 0 aromatic rings. The molecule has 7 nitrogen and oxygen atoms in total. The highest BCUT2D eigenvalue weighted by atomic mass is 32.2. The van der Waals surface area contributed by atoms with Gasteiger partial charge in [0.1, 0.15) is 0 Å². The molecule has 1 saturated carbocycles. The molecule has 0 N–H and O–H groups in total. The molecule has 1 atom stereocenters. The average Bonchev–Trinajstić information content (AvgIpc) is 3.24. The molecule has 0 aromatic heterocycles. The van der Waals surface area contributed by atoms with Crippen LogP contribution in [-0.2, 0) is 19.6 Å². The number of rotatable bonds is 6. The molecule has 3 rings (SSSR count). The van der Waals surface area contributed by atoms with Crippen LogP contribution >= 0.6 is 0 Å². The first-order valence-electron chi connectivity index (χ1n) is 8.48. The van der Waals surface area contributed by atoms with Crippen molar-refractivity contribution in [3.05, 3.63) is 0 Å². The van der Waals surface area contributed by atoms with Gasteiger partial charge in [0.15, 0.2) is 0 Å². The fraction of sp³-hybridized carbons (Fsp3) is 0.933. The van der Waals surface area contributed by atoms with Gasteiger partial charge in [-0.1, -0.05) is 0 Å². The van der Waals surface area contributed by atoms with E-state index in [1.807, 2.05) is 4.90 Å². The minimum Gasteiger partial charge on any atom is -0.381 e. The van der Waals surface area contributed by atoms with Gasteiger partial charge in [0, 0.05) is 45.4 Å². The maximum Gasteiger partial charge on any atom is 0.236 e. The summed E-state index contributed by atoms with van der Waals surface area (Å²) in [6, 6.07) is 0.553. The Morgan fingerprint density at radius 1 is 1.17 bits per heavy atom. The predicted octanol–water partition coefficient (Wildman–Crippen LogP) is -0.409. The normalized spacial score (nSPS) is 26.9. The molecule has 1 amide bonds. The van der Waals surface area contributed by atoms with Gasteiger partial charge in [0.05, 0.1) is 19.4 Å². The summed E-state index contributed by atoms with van der Waals surface area (Å²) in [5.41, 5.74) is 0. The van der Waals surface area contributed by atoms with Crippen LogP contribution in [-0.4, -0.2) is 93.2 Å². The second-order valence-corrected chi connectivity index (χ2v) is 8.92. The van der Waals surface area contributed by atoms with E-state index < -0.39 is 10.0 Å². The zero-order valence-electron chi connectivity index (χ0n) is 13.8. The highest BCUT2D eigenvalue weighted by Gasteiger charge is 2.34. The molecule has 1 unspecified atom stereocenters. The van der Waals surface area contributed by atoms with Crippen LogP contribution in [0.1, 0.15) is 19.3 Å². The lowest BCUT2D eigenvalue weighted by Crippen LogP contribution is -2.52. The van der Waals surface area contributed by atoms with Crippen molar-refractivity contribution in [2.75, 3.05) is 58.7 Å². The van der Waals surface area contributed by atoms with E-state index in [-0.39, 0.29) is 5.91 Å². The predicted molar refractivity (Wildman–Crippen MR) is 86.5 cm³/mol. The number of hydrogen-bond donors (Lipinski definition) is 0. The van der Waals surface area contributed by atoms with Crippen molar-refractivity contribution in [3.8, 4) is 0 Å². The Morgan fingerprint density at radius 2 is 1.87 bits per heavy atom. The lowest BCUT2D eigenvalue weighted by atomic mass is 10.1. The SMILES string of the molecule is CS(=O)(=O)N1CCN(C(=O)CN(CC2CCOC2)C2CC2)CC1. The number of amides is 1. The first-order valence-corrected chi connectivity index (χ1v) is 10.3. The fourth-order valence-corrected chi connectivity index (χ4v) is 4.21. The molecular formula is C15H27N3O4S. The summed E-state index contributed by atoms with van der Waals surface area (Å²) in [6.07, 6.45) is 4.68. The number of nitrogens with zero attached hydrogens (tertiary/aromatic N) is 3. The van der Waals surface area contributed by atoms with E-state index in [1.54, 1.807) is 0 Å². The maximum absolute atomic E-state index is 12.6. The summed E-state index contributed by atoms with van der Waals surface area (Å²) < 4.78 is 30.0. The lowest BCUT2D eigenvalue weighted by molar-refractivity contribution is -0.133. The van der Waals surface area contributed by atoms with E-state index in [9.17, 15) is 13.2 Å². The monoisotopic (exact) mass is 345 g/mol. The number of piperazine rings is 1. The molecule has 2 saturated heterocycles. The van der Waals surface area contributed by atoms with Crippen LogP contribution in [0.3, 0.4) is 0 Å². The summed E-state index contributed by atoms with van der Waals surface area (Å²) >= 11 is 0. The number of ether oxygens (including phenoxy) is 1. The molecule has 0 aromatic carbocycles. The molecule has 8 heteroatoms. The highest BCUT2D eigenvalue weighted by molar-refractivity contribution is 7.88. The van der Waals surface area contributed by atoms with Gasteiger partial charge in [-0.3, -0.25) is 9.69 Å². The second-order valence-electron chi connectivity index (χ2n) is 6.93. The van der Waals surface area contributed by atoms with Crippen molar-refractivity contribution in [1.82, 2.24) is 14.1 Å². The van der Waals surface area contributed by atoms with Crippen molar-refractivity contribution in [3.63, 3.8) is 0 Å². The number of hydrogen-bond acceptors (Lipinski definition) is 5. The largest absolute Gasteiger partial charge is 0.381 e. The lowest BCUT2D eigenvalue weighted by Gasteiger charge is -2.35. The Hall–Kier alpha value is -0.700. The van der Waals surface area contributed by atoms with Gasteiger partial charge in [0.25, 0.3) is 0 Å². The molecule has 2 aliphatic heterocycles. The molecule has 2 heterocycles. The number of carbonyl (C=O) groups is 1. The van der Waals surface area contributed by atoms with Gasteiger partial charge in [-0.05, 0) is 25.2 Å². The van der Waals surface area contributed by atoms with Crippen LogP contribution in [0.25, 0.3) is 0 Å². The van der Waals surface area contributed by atoms with Crippen molar-refractivity contribution in [1.29, 1.82) is 0 Å². The highest BCUT2D eigenvalue weighted by Crippen LogP contribution is 2.29. The van der Waals surface area contributed by atoms with Gasteiger partial charge in [-0.15, -0.1) is 0 Å². The van der Waals surface area contributed by atoms with Crippen LogP contribution in [0.5, 0.6) is 0 Å². The van der Waals surface area contributed by atoms with Crippen LogP contribution < -0.4 is 0 Å². The molecule has 0 radical (unpaired) electrons. The Bertz CT molecular complexity index is 521. The fourth-order valence-electron chi connectivity index (χ4n) is 3.38. The van der Waals surface area contributed by atoms with E-state index in [2.05, 4.69) is 4.90 Å². The molecule has 0 spiro atoms. The summed E-state index contributed by atoms with van der Waals surface area (Å²) in [5.74, 6) is 0.675. The summed E-state index contributed by atoms with van der Waals surface area (Å²) in [5, 5.41) is 0. The first-order chi connectivity index (χ1) is 10.9. The number of carbonyl (C=O) groups excluding carboxylic acids is 1. The summed E-state index contributed by atoms with van der Waals surface area (Å²) in [4.78, 5) is 16.7. The van der Waals surface area contributed by atoms with E-state index in [1.165, 1.54) is 23.4 Å². The van der Waals surface area contributed by atoms with Crippen LogP contribution in [0.4, 0.5) is 0 Å². The van der Waals surface area contributed by atoms with Crippen LogP contribution in [0, 0.1) is 5.92 Å². The van der Waals surface area contributed by atoms with Gasteiger partial charge in [-0.2, -0.15) is 4.31 Å². The third-order valence-corrected chi connectivity index (χ3v) is 6.28. The zero-order chi connectivity index (χ0) is 16.4. The molecule has 0 bridgehead atoms. The van der Waals surface area contributed by atoms with Crippen LogP contribution in [0.15, 0.2) is 0 Å². The molecule has 23 heavy (non-hydrogen) atoms. The smallest absolute Gasteiger partial charge is 0.236 e. The van der Waals surface area contributed by atoms with Gasteiger partial charge < -0.3 is 9.64 Å². The van der Waals surface area contributed by atoms with Crippen molar-refractivity contribution in [2.24, 2.45) is 5.92 Å². The minimum atomic E-state index is -3.15. The Balaban J connectivity index is 1.49. The van der Waals surface area contributed by atoms with Gasteiger partial charge in [-0.25, -0.2) is 8.42 Å². The molecule has 132 valence electrons. The Labute approximate surface area is 138 Å². The third-order valence-electron chi connectivity index (χ3n) is 4.98. The summed E-state index contributed by atoms with van der Waals surface area (Å²) in [6.45, 7) is 4.86. The average molecular weight is 345 g/mol. The second kappa shape index (κ2) is 7.04. The maximum atomic E-state index is 12.6. The van der Waals surface area contributed by atoms with E-state index in [4.69, 9.17) is 4.74 Å². The van der Waals surface area contributed by atoms with Gasteiger partial charge in [0.2, 0.25) is 15.9 Å².